The van der Waals surface area contributed by atoms with Crippen LogP contribution in [0.1, 0.15) is 72.1 Å². The van der Waals surface area contributed by atoms with Crippen molar-refractivity contribution in [2.45, 2.75) is 72.1 Å². The van der Waals surface area contributed by atoms with E-state index in [2.05, 4.69) is 12.2 Å². The molecule has 0 aliphatic rings. The number of hydrogen-bond donors (Lipinski definition) is 2. The van der Waals surface area contributed by atoms with E-state index in [4.69, 9.17) is 5.11 Å². The van der Waals surface area contributed by atoms with Crippen molar-refractivity contribution in [1.29, 1.82) is 0 Å². The van der Waals surface area contributed by atoms with Gasteiger partial charge in [0.25, 0.3) is 0 Å². The first-order valence-electron chi connectivity index (χ1n) is 7.18. The number of aliphatic hydroxyl groups excluding tert-OH is 1. The summed E-state index contributed by atoms with van der Waals surface area (Å²) in [5, 5.41) is 11.4. The van der Waals surface area contributed by atoms with Gasteiger partial charge >= 0.3 is 0 Å². The van der Waals surface area contributed by atoms with Crippen molar-refractivity contribution in [2.24, 2.45) is 0 Å². The Morgan fingerprint density at radius 2 is 1.56 bits per heavy atom. The molecule has 0 bridgehead atoms. The Kier molecular flexibility index (Phi) is 28.8. The van der Waals surface area contributed by atoms with Gasteiger partial charge in [0.1, 0.15) is 0 Å². The van der Waals surface area contributed by atoms with Gasteiger partial charge in [-0.3, -0.25) is 4.79 Å². The van der Waals surface area contributed by atoms with Crippen LogP contribution in [0.5, 0.6) is 0 Å². The molecule has 0 saturated carbocycles. The van der Waals surface area contributed by atoms with Crippen molar-refractivity contribution in [3.05, 3.63) is 0 Å². The molecule has 0 atom stereocenters. The summed E-state index contributed by atoms with van der Waals surface area (Å²) in [6.07, 6.45) is 8.50. The van der Waals surface area contributed by atoms with Crippen molar-refractivity contribution in [2.75, 3.05) is 13.2 Å². The Bertz CT molecular complexity index is 155. The number of aliphatic hydroxyl groups is 1. The second kappa shape index (κ2) is 22.3. The molecule has 0 aliphatic carbocycles. The van der Waals surface area contributed by atoms with Crippen LogP contribution < -0.4 is 5.32 Å². The van der Waals surface area contributed by atoms with E-state index in [9.17, 15) is 4.79 Å². The second-order valence-electron chi connectivity index (χ2n) is 3.94. The van der Waals surface area contributed by atoms with Gasteiger partial charge in [0.05, 0.1) is 0 Å². The normalized spacial score (nSPS) is 8.89. The Labute approximate surface area is 127 Å². The van der Waals surface area contributed by atoms with Gasteiger partial charge in [0.2, 0.25) is 5.91 Å². The summed E-state index contributed by atoms with van der Waals surface area (Å²) in [5.74, 6) is 0.0672. The van der Waals surface area contributed by atoms with Gasteiger partial charge in [-0.2, -0.15) is 0 Å². The maximum atomic E-state index is 11.1. The van der Waals surface area contributed by atoms with Crippen molar-refractivity contribution < 1.29 is 31.0 Å². The molecule has 0 rings (SSSR count). The molecule has 0 heterocycles. The standard InChI is InChI=1S/C12H25NO2.C2H6.W/c1-2-3-4-5-6-7-10-13-12(15)9-8-11-14;1-2;/h14H,2-11H2,1H3,(H,13,15);1-2H3;. The van der Waals surface area contributed by atoms with E-state index in [1.54, 1.807) is 0 Å². The predicted octanol–water partition coefficient (Wildman–Crippen LogP) is 3.26. The minimum atomic E-state index is 0. The van der Waals surface area contributed by atoms with Crippen LogP contribution in [0.15, 0.2) is 0 Å². The summed E-state index contributed by atoms with van der Waals surface area (Å²) in [5.41, 5.74) is 0. The number of amides is 1. The van der Waals surface area contributed by atoms with Crippen molar-refractivity contribution in [3.63, 3.8) is 0 Å². The molecule has 0 aromatic carbocycles. The zero-order chi connectivity index (χ0) is 13.4. The summed E-state index contributed by atoms with van der Waals surface area (Å²) in [7, 11) is 0. The molecular weight excluding hydrogens is 398 g/mol. The minimum Gasteiger partial charge on any atom is -0.396 e. The van der Waals surface area contributed by atoms with E-state index in [0.717, 1.165) is 13.0 Å². The first kappa shape index (κ1) is 23.2. The molecule has 0 saturated heterocycles. The van der Waals surface area contributed by atoms with Crippen molar-refractivity contribution in [3.8, 4) is 0 Å². The molecule has 0 unspecified atom stereocenters. The molecule has 0 aromatic rings. The topological polar surface area (TPSA) is 49.3 Å². The summed E-state index contributed by atoms with van der Waals surface area (Å²) < 4.78 is 0. The Balaban J connectivity index is -0.000000709. The van der Waals surface area contributed by atoms with Crippen LogP contribution in [-0.2, 0) is 25.9 Å². The Morgan fingerprint density at radius 1 is 1.00 bits per heavy atom. The van der Waals surface area contributed by atoms with Crippen LogP contribution in [0.4, 0.5) is 0 Å². The zero-order valence-electron chi connectivity index (χ0n) is 12.3. The first-order chi connectivity index (χ1) is 8.31. The second-order valence-corrected chi connectivity index (χ2v) is 3.94. The van der Waals surface area contributed by atoms with Gasteiger partial charge in [-0.15, -0.1) is 0 Å². The summed E-state index contributed by atoms with van der Waals surface area (Å²) in [4.78, 5) is 11.1. The molecule has 1 amide bonds. The van der Waals surface area contributed by atoms with Gasteiger partial charge in [-0.05, 0) is 12.8 Å². The number of rotatable bonds is 10. The molecule has 4 heteroatoms. The van der Waals surface area contributed by atoms with Gasteiger partial charge in [-0.1, -0.05) is 52.9 Å². The molecule has 0 aromatic heterocycles. The average Bonchev–Trinajstić information content (AvgIpc) is 2.37. The fourth-order valence-corrected chi connectivity index (χ4v) is 1.46. The maximum Gasteiger partial charge on any atom is 0.220 e. The van der Waals surface area contributed by atoms with E-state index in [1.807, 2.05) is 13.8 Å². The number of hydrogen-bond acceptors (Lipinski definition) is 2. The van der Waals surface area contributed by atoms with E-state index < -0.39 is 0 Å². The number of carbonyl (C=O) groups excluding carboxylic acids is 1. The summed E-state index contributed by atoms with van der Waals surface area (Å²) in [6, 6.07) is 0. The number of nitrogens with one attached hydrogen (secondary N) is 1. The van der Waals surface area contributed by atoms with Crippen LogP contribution in [0.3, 0.4) is 0 Å². The fourth-order valence-electron chi connectivity index (χ4n) is 1.46. The molecule has 2 N–H and O–H groups in total. The smallest absolute Gasteiger partial charge is 0.220 e. The third-order valence-corrected chi connectivity index (χ3v) is 2.41. The monoisotopic (exact) mass is 429 g/mol. The average molecular weight is 429 g/mol. The van der Waals surface area contributed by atoms with E-state index >= 15 is 0 Å². The molecule has 0 spiro atoms. The van der Waals surface area contributed by atoms with Crippen LogP contribution in [0.2, 0.25) is 0 Å². The molecule has 0 fully saturated rings. The number of unbranched alkanes of at least 4 members (excludes halogenated alkanes) is 5. The Morgan fingerprint density at radius 3 is 2.11 bits per heavy atom. The third kappa shape index (κ3) is 21.4. The molecule has 18 heavy (non-hydrogen) atoms. The largest absolute Gasteiger partial charge is 0.396 e. The summed E-state index contributed by atoms with van der Waals surface area (Å²) >= 11 is 0. The number of carbonyl (C=O) groups is 1. The van der Waals surface area contributed by atoms with Gasteiger partial charge in [0, 0.05) is 40.6 Å². The van der Waals surface area contributed by atoms with Crippen LogP contribution in [-0.4, -0.2) is 24.2 Å². The van der Waals surface area contributed by atoms with E-state index in [-0.39, 0.29) is 33.6 Å². The van der Waals surface area contributed by atoms with Crippen LogP contribution >= 0.6 is 0 Å². The van der Waals surface area contributed by atoms with Crippen LogP contribution in [0.25, 0.3) is 0 Å². The van der Waals surface area contributed by atoms with Gasteiger partial charge in [-0.25, -0.2) is 0 Å². The maximum absolute atomic E-state index is 11.1. The van der Waals surface area contributed by atoms with Crippen LogP contribution in [0, 0.1) is 0 Å². The van der Waals surface area contributed by atoms with Crippen molar-refractivity contribution >= 4 is 5.91 Å². The van der Waals surface area contributed by atoms with E-state index in [1.165, 1.54) is 32.1 Å². The summed E-state index contributed by atoms with van der Waals surface area (Å²) in [6.45, 7) is 7.10. The van der Waals surface area contributed by atoms with Crippen molar-refractivity contribution in [1.82, 2.24) is 5.32 Å². The minimum absolute atomic E-state index is 0. The molecule has 0 radical (unpaired) electrons. The first-order valence-corrected chi connectivity index (χ1v) is 7.18. The Hall–Kier alpha value is 0.118. The zero-order valence-corrected chi connectivity index (χ0v) is 15.3. The molecular formula is C14H31NO2W. The molecule has 3 nitrogen and oxygen atoms in total. The fraction of sp³-hybridized carbons (Fsp3) is 0.929. The van der Waals surface area contributed by atoms with E-state index in [0.29, 0.717) is 12.8 Å². The third-order valence-electron chi connectivity index (χ3n) is 2.41. The quantitative estimate of drug-likeness (QED) is 0.524. The molecule has 0 aliphatic heterocycles. The SMILES string of the molecule is CC.CCCCCCCCNC(=O)CCCO.[W]. The van der Waals surface area contributed by atoms with Gasteiger partial charge < -0.3 is 10.4 Å². The molecule has 110 valence electrons. The predicted molar refractivity (Wildman–Crippen MR) is 74.1 cm³/mol. The van der Waals surface area contributed by atoms with Gasteiger partial charge in [0.15, 0.2) is 0 Å².